The van der Waals surface area contributed by atoms with Crippen molar-refractivity contribution >= 4 is 0 Å². The van der Waals surface area contributed by atoms with Crippen LogP contribution in [0.5, 0.6) is 0 Å². The molecule has 0 radical (unpaired) electrons. The van der Waals surface area contributed by atoms with Gasteiger partial charge in [-0.15, -0.1) is 0 Å². The van der Waals surface area contributed by atoms with E-state index in [1.54, 1.807) is 6.07 Å². The lowest BCUT2D eigenvalue weighted by atomic mass is 9.70. The van der Waals surface area contributed by atoms with E-state index in [9.17, 15) is 9.50 Å². The molecule has 1 saturated carbocycles. The van der Waals surface area contributed by atoms with Crippen molar-refractivity contribution in [1.29, 1.82) is 0 Å². The topological polar surface area (TPSA) is 23.5 Å². The van der Waals surface area contributed by atoms with Crippen molar-refractivity contribution < 1.29 is 9.50 Å². The quantitative estimate of drug-likeness (QED) is 0.810. The second-order valence-electron chi connectivity index (χ2n) is 6.55. The maximum atomic E-state index is 14.2. The highest BCUT2D eigenvalue weighted by Crippen LogP contribution is 2.44. The summed E-state index contributed by atoms with van der Waals surface area (Å²) in [4.78, 5) is 2.38. The smallest absolute Gasteiger partial charge is 0.126 e. The first kappa shape index (κ1) is 17.4. The van der Waals surface area contributed by atoms with Crippen molar-refractivity contribution in [3.63, 3.8) is 0 Å². The maximum Gasteiger partial charge on any atom is 0.126 e. The molecule has 0 heterocycles. The molecular formula is C19H30FNO. The summed E-state index contributed by atoms with van der Waals surface area (Å²) in [6, 6.07) is 6.96. The standard InChI is InChI=1S/C19H30FNO/c1-3-21(4-2)15-9-14-19(22)13-8-7-11-17(19)16-10-5-6-12-18(16)20/h5-6,10,12,17,22H,3-4,7-9,11,13-15H2,1-2H3. The van der Waals surface area contributed by atoms with Crippen molar-refractivity contribution in [1.82, 2.24) is 4.90 Å². The minimum absolute atomic E-state index is 0.0563. The van der Waals surface area contributed by atoms with Crippen LogP contribution < -0.4 is 0 Å². The SMILES string of the molecule is CCN(CC)CCCC1(O)CCCCC1c1ccccc1F. The first-order chi connectivity index (χ1) is 10.6. The van der Waals surface area contributed by atoms with Crippen LogP contribution in [0.15, 0.2) is 24.3 Å². The Labute approximate surface area is 134 Å². The van der Waals surface area contributed by atoms with Crippen LogP contribution in [0.25, 0.3) is 0 Å². The Kier molecular flexibility index (Phi) is 6.39. The lowest BCUT2D eigenvalue weighted by molar-refractivity contribution is -0.0284. The highest BCUT2D eigenvalue weighted by molar-refractivity contribution is 5.25. The van der Waals surface area contributed by atoms with E-state index >= 15 is 0 Å². The average molecular weight is 307 g/mol. The van der Waals surface area contributed by atoms with E-state index in [4.69, 9.17) is 0 Å². The number of rotatable bonds is 7. The highest BCUT2D eigenvalue weighted by Gasteiger charge is 2.40. The lowest BCUT2D eigenvalue weighted by Crippen LogP contribution is -2.40. The van der Waals surface area contributed by atoms with E-state index in [0.29, 0.717) is 5.56 Å². The highest BCUT2D eigenvalue weighted by atomic mass is 19.1. The summed E-state index contributed by atoms with van der Waals surface area (Å²) in [5, 5.41) is 11.2. The van der Waals surface area contributed by atoms with Gasteiger partial charge in [0.15, 0.2) is 0 Å². The summed E-state index contributed by atoms with van der Waals surface area (Å²) in [6.45, 7) is 7.44. The summed E-state index contributed by atoms with van der Waals surface area (Å²) >= 11 is 0. The predicted octanol–water partition coefficient (Wildman–Crippen LogP) is 4.34. The molecule has 1 aromatic carbocycles. The second-order valence-corrected chi connectivity index (χ2v) is 6.55. The number of hydrogen-bond acceptors (Lipinski definition) is 2. The van der Waals surface area contributed by atoms with Crippen molar-refractivity contribution in [2.45, 2.75) is 63.9 Å². The molecular weight excluding hydrogens is 277 g/mol. The van der Waals surface area contributed by atoms with Gasteiger partial charge in [-0.3, -0.25) is 0 Å². The normalized spacial score (nSPS) is 25.6. The number of halogens is 1. The third-order valence-corrected chi connectivity index (χ3v) is 5.26. The summed E-state index contributed by atoms with van der Waals surface area (Å²) in [7, 11) is 0. The molecule has 1 aliphatic carbocycles. The Balaban J connectivity index is 2.06. The van der Waals surface area contributed by atoms with E-state index in [1.807, 2.05) is 12.1 Å². The molecule has 124 valence electrons. The Morgan fingerprint density at radius 1 is 1.23 bits per heavy atom. The molecule has 3 heteroatoms. The molecule has 2 rings (SSSR count). The molecule has 0 aromatic heterocycles. The zero-order valence-corrected chi connectivity index (χ0v) is 14.0. The first-order valence-corrected chi connectivity index (χ1v) is 8.80. The molecule has 1 fully saturated rings. The van der Waals surface area contributed by atoms with E-state index in [-0.39, 0.29) is 11.7 Å². The van der Waals surface area contributed by atoms with Crippen LogP contribution in [0.2, 0.25) is 0 Å². The van der Waals surface area contributed by atoms with Gasteiger partial charge in [0, 0.05) is 5.92 Å². The third kappa shape index (κ3) is 4.08. The van der Waals surface area contributed by atoms with Crippen LogP contribution in [0.1, 0.15) is 63.9 Å². The lowest BCUT2D eigenvalue weighted by Gasteiger charge is -2.41. The molecule has 0 saturated heterocycles. The van der Waals surface area contributed by atoms with Crippen molar-refractivity contribution in [2.24, 2.45) is 0 Å². The van der Waals surface area contributed by atoms with Crippen LogP contribution in [0.4, 0.5) is 4.39 Å². The van der Waals surface area contributed by atoms with Crippen LogP contribution in [-0.2, 0) is 0 Å². The number of aliphatic hydroxyl groups is 1. The molecule has 22 heavy (non-hydrogen) atoms. The van der Waals surface area contributed by atoms with E-state index in [0.717, 1.165) is 58.2 Å². The average Bonchev–Trinajstić information content (AvgIpc) is 2.53. The minimum atomic E-state index is -0.742. The Morgan fingerprint density at radius 3 is 2.64 bits per heavy atom. The van der Waals surface area contributed by atoms with Gasteiger partial charge < -0.3 is 10.0 Å². The fraction of sp³-hybridized carbons (Fsp3) is 0.684. The molecule has 1 aliphatic rings. The Hall–Kier alpha value is -0.930. The Bertz CT molecular complexity index is 461. The van der Waals surface area contributed by atoms with Gasteiger partial charge in [-0.1, -0.05) is 44.9 Å². The minimum Gasteiger partial charge on any atom is -0.389 e. The van der Waals surface area contributed by atoms with Gasteiger partial charge in [0.1, 0.15) is 5.82 Å². The Morgan fingerprint density at radius 2 is 1.95 bits per heavy atom. The summed E-state index contributed by atoms with van der Waals surface area (Å²) < 4.78 is 14.2. The van der Waals surface area contributed by atoms with E-state index < -0.39 is 5.60 Å². The van der Waals surface area contributed by atoms with Gasteiger partial charge in [-0.25, -0.2) is 4.39 Å². The molecule has 2 nitrogen and oxygen atoms in total. The van der Waals surface area contributed by atoms with Crippen LogP contribution >= 0.6 is 0 Å². The van der Waals surface area contributed by atoms with Crippen molar-refractivity contribution in [3.8, 4) is 0 Å². The molecule has 1 N–H and O–H groups in total. The molecule has 0 amide bonds. The van der Waals surface area contributed by atoms with Crippen molar-refractivity contribution in [3.05, 3.63) is 35.6 Å². The van der Waals surface area contributed by atoms with Crippen molar-refractivity contribution in [2.75, 3.05) is 19.6 Å². The predicted molar refractivity (Wildman–Crippen MR) is 89.6 cm³/mol. The number of nitrogens with zero attached hydrogens (tertiary/aromatic N) is 1. The number of hydrogen-bond donors (Lipinski definition) is 1. The largest absolute Gasteiger partial charge is 0.389 e. The van der Waals surface area contributed by atoms with Gasteiger partial charge in [-0.05, 0) is 56.9 Å². The summed E-state index contributed by atoms with van der Waals surface area (Å²) in [5.74, 6) is -0.226. The molecule has 0 bridgehead atoms. The zero-order valence-electron chi connectivity index (χ0n) is 14.0. The van der Waals surface area contributed by atoms with Crippen LogP contribution in [-0.4, -0.2) is 35.2 Å². The van der Waals surface area contributed by atoms with Gasteiger partial charge >= 0.3 is 0 Å². The molecule has 2 atom stereocenters. The van der Waals surface area contributed by atoms with E-state index in [2.05, 4.69) is 18.7 Å². The first-order valence-electron chi connectivity index (χ1n) is 8.80. The van der Waals surface area contributed by atoms with Crippen LogP contribution in [0.3, 0.4) is 0 Å². The van der Waals surface area contributed by atoms with Crippen LogP contribution in [0, 0.1) is 5.82 Å². The van der Waals surface area contributed by atoms with Gasteiger partial charge in [0.05, 0.1) is 5.60 Å². The second kappa shape index (κ2) is 8.07. The number of benzene rings is 1. The summed E-state index contributed by atoms with van der Waals surface area (Å²) in [5.41, 5.74) is -0.0410. The molecule has 2 unspecified atom stereocenters. The maximum absolute atomic E-state index is 14.2. The molecule has 0 aliphatic heterocycles. The zero-order chi connectivity index (χ0) is 16.0. The molecule has 1 aromatic rings. The summed E-state index contributed by atoms with van der Waals surface area (Å²) in [6.07, 6.45) is 5.56. The fourth-order valence-corrected chi connectivity index (χ4v) is 3.87. The molecule has 0 spiro atoms. The van der Waals surface area contributed by atoms with Gasteiger partial charge in [0.25, 0.3) is 0 Å². The van der Waals surface area contributed by atoms with E-state index in [1.165, 1.54) is 6.07 Å². The third-order valence-electron chi connectivity index (χ3n) is 5.26. The van der Waals surface area contributed by atoms with Gasteiger partial charge in [0.2, 0.25) is 0 Å². The monoisotopic (exact) mass is 307 g/mol. The van der Waals surface area contributed by atoms with Gasteiger partial charge in [-0.2, -0.15) is 0 Å². The fourth-order valence-electron chi connectivity index (χ4n) is 3.87.